The van der Waals surface area contributed by atoms with Crippen LogP contribution in [0.25, 0.3) is 0 Å². The monoisotopic (exact) mass is 383 g/mol. The number of benzene rings is 2. The van der Waals surface area contributed by atoms with Crippen molar-refractivity contribution < 1.29 is 23.9 Å². The molecule has 1 amide bonds. The van der Waals surface area contributed by atoms with Gasteiger partial charge in [-0.15, -0.1) is 0 Å². The van der Waals surface area contributed by atoms with Crippen LogP contribution in [-0.4, -0.2) is 24.8 Å². The number of rotatable bonds is 8. The Labute approximate surface area is 164 Å². The first-order valence-electron chi connectivity index (χ1n) is 9.05. The Morgan fingerprint density at radius 1 is 1.04 bits per heavy atom. The van der Waals surface area contributed by atoms with Crippen molar-refractivity contribution >= 4 is 23.3 Å². The maximum Gasteiger partial charge on any atom is 0.309 e. The first-order valence-corrected chi connectivity index (χ1v) is 9.05. The van der Waals surface area contributed by atoms with Crippen LogP contribution in [0.2, 0.25) is 0 Å². The van der Waals surface area contributed by atoms with Crippen LogP contribution in [0.1, 0.15) is 49.2 Å². The molecule has 1 N–H and O–H groups in total. The number of methoxy groups -OCH3 is 1. The molecule has 0 saturated carbocycles. The fourth-order valence-electron chi connectivity index (χ4n) is 2.69. The van der Waals surface area contributed by atoms with E-state index in [4.69, 9.17) is 9.47 Å². The summed E-state index contributed by atoms with van der Waals surface area (Å²) in [4.78, 5) is 35.9. The van der Waals surface area contributed by atoms with Crippen molar-refractivity contribution in [3.05, 3.63) is 59.7 Å². The third-order valence-corrected chi connectivity index (χ3v) is 4.28. The molecule has 0 saturated heterocycles. The summed E-state index contributed by atoms with van der Waals surface area (Å²) in [5.41, 5.74) is 1.92. The molecule has 148 valence electrons. The van der Waals surface area contributed by atoms with E-state index in [2.05, 4.69) is 5.32 Å². The number of hydrogen-bond acceptors (Lipinski definition) is 5. The lowest BCUT2D eigenvalue weighted by Crippen LogP contribution is -2.20. The first-order chi connectivity index (χ1) is 13.3. The van der Waals surface area contributed by atoms with Gasteiger partial charge in [0.2, 0.25) is 5.91 Å². The lowest BCUT2D eigenvalue weighted by atomic mass is 9.99. The summed E-state index contributed by atoms with van der Waals surface area (Å²) in [6, 6.07) is 13.9. The highest BCUT2D eigenvalue weighted by Crippen LogP contribution is 2.23. The van der Waals surface area contributed by atoms with E-state index in [1.54, 1.807) is 63.4 Å². The fraction of sp³-hybridized carbons (Fsp3) is 0.318. The lowest BCUT2D eigenvalue weighted by molar-refractivity contribution is -0.153. The molecule has 2 aromatic carbocycles. The average Bonchev–Trinajstić information content (AvgIpc) is 2.67. The van der Waals surface area contributed by atoms with Gasteiger partial charge in [0.1, 0.15) is 11.9 Å². The van der Waals surface area contributed by atoms with E-state index in [0.29, 0.717) is 17.0 Å². The second-order valence-corrected chi connectivity index (χ2v) is 6.64. The van der Waals surface area contributed by atoms with Gasteiger partial charge in [-0.25, -0.2) is 0 Å². The normalized spacial score (nSPS) is 12.6. The summed E-state index contributed by atoms with van der Waals surface area (Å²) in [7, 11) is 1.56. The number of hydrogen-bond donors (Lipinski definition) is 1. The van der Waals surface area contributed by atoms with Crippen LogP contribution in [0.15, 0.2) is 48.5 Å². The van der Waals surface area contributed by atoms with Crippen molar-refractivity contribution in [2.45, 2.75) is 33.3 Å². The standard InChI is InChI=1S/C22H25NO5/c1-14(12-21(25)17-8-10-20(27-4)11-9-17)22(26)28-15(2)18-6-5-7-19(13-18)23-16(3)24/h5-11,13-15H,12H2,1-4H3,(H,23,24)/t14-,15-/m1/s1. The third-order valence-electron chi connectivity index (χ3n) is 4.28. The van der Waals surface area contributed by atoms with E-state index < -0.39 is 18.0 Å². The van der Waals surface area contributed by atoms with Crippen LogP contribution < -0.4 is 10.1 Å². The van der Waals surface area contributed by atoms with E-state index in [-0.39, 0.29) is 18.1 Å². The number of anilines is 1. The van der Waals surface area contributed by atoms with Crippen molar-refractivity contribution in [2.24, 2.45) is 5.92 Å². The Morgan fingerprint density at radius 3 is 2.32 bits per heavy atom. The van der Waals surface area contributed by atoms with Crippen LogP contribution in [-0.2, 0) is 14.3 Å². The minimum Gasteiger partial charge on any atom is -0.497 e. The number of carbonyl (C=O) groups is 3. The molecule has 0 aliphatic heterocycles. The Hall–Kier alpha value is -3.15. The number of esters is 1. The summed E-state index contributed by atoms with van der Waals surface area (Å²) in [5.74, 6) is -0.658. The van der Waals surface area contributed by atoms with Gasteiger partial charge in [-0.2, -0.15) is 0 Å². The lowest BCUT2D eigenvalue weighted by Gasteiger charge is -2.17. The molecular weight excluding hydrogens is 358 g/mol. The molecule has 0 aliphatic carbocycles. The summed E-state index contributed by atoms with van der Waals surface area (Å²) in [5, 5.41) is 2.70. The van der Waals surface area contributed by atoms with Gasteiger partial charge in [-0.1, -0.05) is 19.1 Å². The summed E-state index contributed by atoms with van der Waals surface area (Å²) in [6.45, 7) is 4.85. The molecule has 6 nitrogen and oxygen atoms in total. The second kappa shape index (κ2) is 9.69. The molecule has 0 unspecified atom stereocenters. The van der Waals surface area contributed by atoms with Crippen LogP contribution in [0.5, 0.6) is 5.75 Å². The van der Waals surface area contributed by atoms with Crippen molar-refractivity contribution in [3.8, 4) is 5.75 Å². The van der Waals surface area contributed by atoms with Gasteiger partial charge in [-0.05, 0) is 48.9 Å². The van der Waals surface area contributed by atoms with Crippen LogP contribution in [0, 0.1) is 5.92 Å². The minimum absolute atomic E-state index is 0.0593. The SMILES string of the molecule is COc1ccc(C(=O)C[C@@H](C)C(=O)O[C@H](C)c2cccc(NC(C)=O)c2)cc1. The van der Waals surface area contributed by atoms with Crippen molar-refractivity contribution in [1.29, 1.82) is 0 Å². The van der Waals surface area contributed by atoms with Crippen molar-refractivity contribution in [3.63, 3.8) is 0 Å². The van der Waals surface area contributed by atoms with E-state index in [1.807, 2.05) is 6.07 Å². The van der Waals surface area contributed by atoms with Crippen LogP contribution in [0.3, 0.4) is 0 Å². The number of Topliss-reactive ketones (excluding diaryl/α,β-unsaturated/α-hetero) is 1. The summed E-state index contributed by atoms with van der Waals surface area (Å²) >= 11 is 0. The minimum atomic E-state index is -0.574. The molecule has 0 fully saturated rings. The summed E-state index contributed by atoms with van der Waals surface area (Å²) in [6.07, 6.45) is -0.441. The zero-order chi connectivity index (χ0) is 20.7. The van der Waals surface area contributed by atoms with Gasteiger partial charge in [0.25, 0.3) is 0 Å². The quantitative estimate of drug-likeness (QED) is 0.547. The molecule has 0 aliphatic rings. The maximum atomic E-state index is 12.4. The van der Waals surface area contributed by atoms with Crippen LogP contribution >= 0.6 is 0 Å². The van der Waals surface area contributed by atoms with Gasteiger partial charge in [0, 0.05) is 24.6 Å². The van der Waals surface area contributed by atoms with E-state index >= 15 is 0 Å². The highest BCUT2D eigenvalue weighted by atomic mass is 16.5. The molecule has 0 bridgehead atoms. The molecule has 6 heteroatoms. The average molecular weight is 383 g/mol. The van der Waals surface area contributed by atoms with Crippen molar-refractivity contribution in [1.82, 2.24) is 0 Å². The Kier molecular flexibility index (Phi) is 7.32. The zero-order valence-electron chi connectivity index (χ0n) is 16.5. The van der Waals surface area contributed by atoms with Crippen molar-refractivity contribution in [2.75, 3.05) is 12.4 Å². The Balaban J connectivity index is 1.95. The van der Waals surface area contributed by atoms with Gasteiger partial charge in [0.15, 0.2) is 5.78 Å². The molecule has 2 rings (SSSR count). The molecule has 0 radical (unpaired) electrons. The molecular formula is C22H25NO5. The van der Waals surface area contributed by atoms with Gasteiger partial charge < -0.3 is 14.8 Å². The largest absolute Gasteiger partial charge is 0.497 e. The predicted octanol–water partition coefficient (Wildman–Crippen LogP) is 4.17. The summed E-state index contributed by atoms with van der Waals surface area (Å²) < 4.78 is 10.6. The number of ether oxygens (including phenoxy) is 2. The van der Waals surface area contributed by atoms with E-state index in [0.717, 1.165) is 5.56 Å². The second-order valence-electron chi connectivity index (χ2n) is 6.64. The highest BCUT2D eigenvalue weighted by molar-refractivity contribution is 5.98. The number of nitrogens with one attached hydrogen (secondary N) is 1. The molecule has 2 aromatic rings. The topological polar surface area (TPSA) is 81.7 Å². The fourth-order valence-corrected chi connectivity index (χ4v) is 2.69. The third kappa shape index (κ3) is 5.94. The number of ketones is 1. The molecule has 0 heterocycles. The smallest absolute Gasteiger partial charge is 0.309 e. The van der Waals surface area contributed by atoms with Gasteiger partial charge >= 0.3 is 5.97 Å². The maximum absolute atomic E-state index is 12.4. The van der Waals surface area contributed by atoms with Crippen LogP contribution in [0.4, 0.5) is 5.69 Å². The Bertz CT molecular complexity index is 844. The number of amides is 1. The molecule has 0 aromatic heterocycles. The van der Waals surface area contributed by atoms with E-state index in [9.17, 15) is 14.4 Å². The zero-order valence-corrected chi connectivity index (χ0v) is 16.5. The number of carbonyl (C=O) groups excluding carboxylic acids is 3. The van der Waals surface area contributed by atoms with Gasteiger partial charge in [-0.3, -0.25) is 14.4 Å². The predicted molar refractivity (Wildman–Crippen MR) is 106 cm³/mol. The first kappa shape index (κ1) is 21.2. The highest BCUT2D eigenvalue weighted by Gasteiger charge is 2.22. The Morgan fingerprint density at radius 2 is 1.71 bits per heavy atom. The van der Waals surface area contributed by atoms with E-state index in [1.165, 1.54) is 6.92 Å². The van der Waals surface area contributed by atoms with Gasteiger partial charge in [0.05, 0.1) is 13.0 Å². The molecule has 28 heavy (non-hydrogen) atoms. The molecule has 0 spiro atoms. The molecule has 2 atom stereocenters.